The smallest absolute Gasteiger partial charge is 0.275 e. The van der Waals surface area contributed by atoms with Crippen molar-refractivity contribution in [2.45, 2.75) is 76.3 Å². The Hall–Kier alpha value is -1.40. The van der Waals surface area contributed by atoms with E-state index < -0.39 is 5.54 Å². The quantitative estimate of drug-likeness (QED) is 0.703. The van der Waals surface area contributed by atoms with E-state index in [1.54, 1.807) is 6.07 Å². The van der Waals surface area contributed by atoms with Gasteiger partial charge in [0.1, 0.15) is 5.54 Å². The Bertz CT molecular complexity index is 573. The molecule has 0 atom stereocenters. The van der Waals surface area contributed by atoms with E-state index in [4.69, 9.17) is 0 Å². The van der Waals surface area contributed by atoms with Gasteiger partial charge in [-0.3, -0.25) is 15.0 Å². The van der Waals surface area contributed by atoms with E-state index in [2.05, 4.69) is 23.1 Å². The molecule has 1 aromatic rings. The molecule has 0 aromatic carbocycles. The van der Waals surface area contributed by atoms with E-state index in [0.717, 1.165) is 38.5 Å². The normalized spacial score (nSPS) is 27.6. The maximum atomic E-state index is 13.1. The van der Waals surface area contributed by atoms with Crippen LogP contribution in [0.1, 0.15) is 74.4 Å². The summed E-state index contributed by atoms with van der Waals surface area (Å²) in [6, 6.07) is 3.93. The fourth-order valence-corrected chi connectivity index (χ4v) is 4.50. The molecule has 3 N–H and O–H groups in total. The predicted molar refractivity (Wildman–Crippen MR) is 100 cm³/mol. The number of thiophene rings is 1. The first-order chi connectivity index (χ1) is 12.1. The van der Waals surface area contributed by atoms with Crippen LogP contribution < -0.4 is 16.2 Å². The number of amides is 2. The average Bonchev–Trinajstić information content (AvgIpc) is 3.17. The van der Waals surface area contributed by atoms with Gasteiger partial charge < -0.3 is 5.32 Å². The van der Waals surface area contributed by atoms with Crippen LogP contribution in [-0.4, -0.2) is 23.4 Å². The number of carbonyl (C=O) groups excluding carboxylic acids is 2. The van der Waals surface area contributed by atoms with E-state index in [-0.39, 0.29) is 17.9 Å². The molecule has 0 spiro atoms. The standard InChI is InChI=1S/C19H29N3O2S/c1-14-9-11-19(12-10-14,18(24)20-15-6-3-2-4-7-15)22-21-17(23)16-8-5-13-25-16/h5,8,13-15,22H,2-4,6-7,9-12H2,1H3,(H,20,24)(H,21,23). The van der Waals surface area contributed by atoms with Crippen LogP contribution in [0.15, 0.2) is 17.5 Å². The highest BCUT2D eigenvalue weighted by molar-refractivity contribution is 7.12. The van der Waals surface area contributed by atoms with E-state index >= 15 is 0 Å². The van der Waals surface area contributed by atoms with Gasteiger partial charge in [-0.05, 0) is 55.9 Å². The minimum Gasteiger partial charge on any atom is -0.352 e. The molecular formula is C19H29N3O2S. The summed E-state index contributed by atoms with van der Waals surface area (Å²) < 4.78 is 0. The molecule has 25 heavy (non-hydrogen) atoms. The first kappa shape index (κ1) is 18.4. The lowest BCUT2D eigenvalue weighted by molar-refractivity contribution is -0.130. The lowest BCUT2D eigenvalue weighted by atomic mass is 9.76. The SMILES string of the molecule is CC1CCC(NNC(=O)c2cccs2)(C(=O)NC2CCCCC2)CC1. The van der Waals surface area contributed by atoms with Gasteiger partial charge in [0.25, 0.3) is 5.91 Å². The molecule has 2 aliphatic carbocycles. The van der Waals surface area contributed by atoms with E-state index in [1.165, 1.54) is 30.6 Å². The van der Waals surface area contributed by atoms with Crippen molar-refractivity contribution >= 4 is 23.2 Å². The van der Waals surface area contributed by atoms with Gasteiger partial charge in [0, 0.05) is 6.04 Å². The molecule has 6 heteroatoms. The Morgan fingerprint density at radius 1 is 1.12 bits per heavy atom. The Morgan fingerprint density at radius 2 is 1.84 bits per heavy atom. The monoisotopic (exact) mass is 363 g/mol. The summed E-state index contributed by atoms with van der Waals surface area (Å²) in [7, 11) is 0. The number of rotatable bonds is 5. The fraction of sp³-hybridized carbons (Fsp3) is 0.684. The third kappa shape index (κ3) is 4.61. The highest BCUT2D eigenvalue weighted by Gasteiger charge is 2.42. The van der Waals surface area contributed by atoms with E-state index in [9.17, 15) is 9.59 Å². The summed E-state index contributed by atoms with van der Waals surface area (Å²) in [6.45, 7) is 2.23. The Kier molecular flexibility index (Phi) is 6.12. The van der Waals surface area contributed by atoms with E-state index in [0.29, 0.717) is 10.8 Å². The molecule has 0 bridgehead atoms. The van der Waals surface area contributed by atoms with Crippen molar-refractivity contribution < 1.29 is 9.59 Å². The molecule has 2 amide bonds. The minimum atomic E-state index is -0.684. The van der Waals surface area contributed by atoms with Crippen molar-refractivity contribution in [3.05, 3.63) is 22.4 Å². The number of nitrogens with one attached hydrogen (secondary N) is 3. The van der Waals surface area contributed by atoms with E-state index in [1.807, 2.05) is 11.4 Å². The van der Waals surface area contributed by atoms with Gasteiger partial charge in [-0.25, -0.2) is 5.43 Å². The molecule has 1 heterocycles. The molecule has 2 aliphatic rings. The lowest BCUT2D eigenvalue weighted by Crippen LogP contribution is -2.64. The molecule has 2 fully saturated rings. The Morgan fingerprint density at radius 3 is 2.48 bits per heavy atom. The summed E-state index contributed by atoms with van der Waals surface area (Å²) >= 11 is 1.40. The zero-order valence-electron chi connectivity index (χ0n) is 15.0. The molecule has 0 unspecified atom stereocenters. The highest BCUT2D eigenvalue weighted by Crippen LogP contribution is 2.32. The number of hydrogen-bond donors (Lipinski definition) is 3. The summed E-state index contributed by atoms with van der Waals surface area (Å²) in [5.41, 5.74) is 5.23. The molecule has 0 aliphatic heterocycles. The van der Waals surface area contributed by atoms with Crippen molar-refractivity contribution in [1.82, 2.24) is 16.2 Å². The molecule has 0 radical (unpaired) electrons. The predicted octanol–water partition coefficient (Wildman–Crippen LogP) is 3.38. The lowest BCUT2D eigenvalue weighted by Gasteiger charge is -2.40. The Balaban J connectivity index is 1.64. The van der Waals surface area contributed by atoms with Gasteiger partial charge in [0.05, 0.1) is 4.88 Å². The second kappa shape index (κ2) is 8.32. The van der Waals surface area contributed by atoms with Crippen LogP contribution in [0.3, 0.4) is 0 Å². The van der Waals surface area contributed by atoms with Crippen LogP contribution in [-0.2, 0) is 4.79 Å². The molecular weight excluding hydrogens is 334 g/mol. The number of hydrazine groups is 1. The third-order valence-electron chi connectivity index (χ3n) is 5.66. The fourth-order valence-electron chi connectivity index (χ4n) is 3.88. The maximum Gasteiger partial charge on any atom is 0.275 e. The van der Waals surface area contributed by atoms with Crippen molar-refractivity contribution in [3.8, 4) is 0 Å². The molecule has 3 rings (SSSR count). The molecule has 0 saturated heterocycles. The van der Waals surface area contributed by atoms with Gasteiger partial charge in [0.2, 0.25) is 5.91 Å². The van der Waals surface area contributed by atoms with Crippen LogP contribution in [0.25, 0.3) is 0 Å². The van der Waals surface area contributed by atoms with Crippen molar-refractivity contribution in [2.75, 3.05) is 0 Å². The van der Waals surface area contributed by atoms with Gasteiger partial charge in [-0.15, -0.1) is 11.3 Å². The van der Waals surface area contributed by atoms with Crippen molar-refractivity contribution in [3.63, 3.8) is 0 Å². The van der Waals surface area contributed by atoms with Crippen molar-refractivity contribution in [1.29, 1.82) is 0 Å². The zero-order valence-corrected chi connectivity index (χ0v) is 15.8. The van der Waals surface area contributed by atoms with Gasteiger partial charge in [-0.1, -0.05) is 32.3 Å². The minimum absolute atomic E-state index is 0.0535. The first-order valence-electron chi connectivity index (χ1n) is 9.51. The molecule has 5 nitrogen and oxygen atoms in total. The van der Waals surface area contributed by atoms with Crippen LogP contribution in [0.5, 0.6) is 0 Å². The summed E-state index contributed by atoms with van der Waals surface area (Å²) in [4.78, 5) is 26.0. The zero-order chi connectivity index (χ0) is 17.7. The van der Waals surface area contributed by atoms with Crippen molar-refractivity contribution in [2.24, 2.45) is 5.92 Å². The summed E-state index contributed by atoms with van der Waals surface area (Å²) in [5.74, 6) is 0.515. The number of carbonyl (C=O) groups is 2. The first-order valence-corrected chi connectivity index (χ1v) is 10.4. The second-order valence-electron chi connectivity index (χ2n) is 7.63. The molecule has 138 valence electrons. The molecule has 2 saturated carbocycles. The van der Waals surface area contributed by atoms with Crippen LogP contribution >= 0.6 is 11.3 Å². The highest BCUT2D eigenvalue weighted by atomic mass is 32.1. The van der Waals surface area contributed by atoms with Crippen LogP contribution in [0, 0.1) is 5.92 Å². The van der Waals surface area contributed by atoms with Crippen LogP contribution in [0.2, 0.25) is 0 Å². The maximum absolute atomic E-state index is 13.1. The topological polar surface area (TPSA) is 70.2 Å². The van der Waals surface area contributed by atoms with Gasteiger partial charge in [-0.2, -0.15) is 0 Å². The number of hydrogen-bond acceptors (Lipinski definition) is 4. The summed E-state index contributed by atoms with van der Waals surface area (Å²) in [6.07, 6.45) is 9.31. The largest absolute Gasteiger partial charge is 0.352 e. The second-order valence-corrected chi connectivity index (χ2v) is 8.58. The van der Waals surface area contributed by atoms with Gasteiger partial charge in [0.15, 0.2) is 0 Å². The third-order valence-corrected chi connectivity index (χ3v) is 6.53. The summed E-state index contributed by atoms with van der Waals surface area (Å²) in [5, 5.41) is 5.13. The Labute approximate surface area is 153 Å². The van der Waals surface area contributed by atoms with Crippen LogP contribution in [0.4, 0.5) is 0 Å². The van der Waals surface area contributed by atoms with Gasteiger partial charge >= 0.3 is 0 Å². The average molecular weight is 364 g/mol. The molecule has 1 aromatic heterocycles.